The Balaban J connectivity index is 2.34. The van der Waals surface area contributed by atoms with Gasteiger partial charge in [0.25, 0.3) is 0 Å². The first kappa shape index (κ1) is 13.8. The largest absolute Gasteiger partial charge is 0.494 e. The number of hydrogen-bond donors (Lipinski definition) is 1. The molecule has 0 spiro atoms. The van der Waals surface area contributed by atoms with Gasteiger partial charge in [-0.25, -0.2) is 0 Å². The van der Waals surface area contributed by atoms with E-state index in [2.05, 4.69) is 5.32 Å². The van der Waals surface area contributed by atoms with Crippen LogP contribution >= 0.6 is 11.6 Å². The molecule has 0 saturated heterocycles. The molecule has 0 aromatic heterocycles. The molecule has 1 aromatic rings. The van der Waals surface area contributed by atoms with Gasteiger partial charge in [0.15, 0.2) is 0 Å². The highest BCUT2D eigenvalue weighted by atomic mass is 35.5. The van der Waals surface area contributed by atoms with Crippen LogP contribution in [0.4, 0.5) is 0 Å². The number of carbonyl (C=O) groups is 1. The normalized spacial score (nSPS) is 11.9. The van der Waals surface area contributed by atoms with Crippen LogP contribution in [-0.2, 0) is 11.2 Å². The summed E-state index contributed by atoms with van der Waals surface area (Å²) in [6.07, 6.45) is 0.793. The van der Waals surface area contributed by atoms with E-state index in [9.17, 15) is 4.79 Å². The Bertz CT molecular complexity index is 349. The van der Waals surface area contributed by atoms with Gasteiger partial charge < -0.3 is 10.1 Å². The minimum absolute atomic E-state index is 0.127. The molecule has 4 heteroatoms. The van der Waals surface area contributed by atoms with E-state index >= 15 is 0 Å². The fourth-order valence-corrected chi connectivity index (χ4v) is 1.47. The molecule has 17 heavy (non-hydrogen) atoms. The van der Waals surface area contributed by atoms with Crippen LogP contribution in [0, 0.1) is 0 Å². The number of rotatable bonds is 6. The number of ether oxygens (including phenoxy) is 1. The minimum atomic E-state index is -0.477. The minimum Gasteiger partial charge on any atom is -0.494 e. The molecule has 0 heterocycles. The number of carbonyl (C=O) groups excluding carboxylic acids is 1. The SMILES string of the molecule is CCOc1ccc(CCNC(=O)C(C)Cl)cc1. The molecule has 1 amide bonds. The van der Waals surface area contributed by atoms with Crippen molar-refractivity contribution in [3.8, 4) is 5.75 Å². The van der Waals surface area contributed by atoms with E-state index in [1.807, 2.05) is 31.2 Å². The van der Waals surface area contributed by atoms with Crippen molar-refractivity contribution in [2.45, 2.75) is 25.6 Å². The van der Waals surface area contributed by atoms with Crippen LogP contribution in [0.3, 0.4) is 0 Å². The smallest absolute Gasteiger partial charge is 0.237 e. The summed E-state index contributed by atoms with van der Waals surface area (Å²) < 4.78 is 5.35. The first-order valence-corrected chi connectivity index (χ1v) is 6.20. The Kier molecular flexibility index (Phi) is 5.84. The molecular formula is C13H18ClNO2. The van der Waals surface area contributed by atoms with Crippen molar-refractivity contribution in [1.82, 2.24) is 5.32 Å². The summed E-state index contributed by atoms with van der Waals surface area (Å²) in [7, 11) is 0. The molecule has 0 fully saturated rings. The quantitative estimate of drug-likeness (QED) is 0.793. The third-order valence-electron chi connectivity index (χ3n) is 2.31. The van der Waals surface area contributed by atoms with Crippen molar-refractivity contribution in [2.24, 2.45) is 0 Å². The highest BCUT2D eigenvalue weighted by Crippen LogP contribution is 2.12. The lowest BCUT2D eigenvalue weighted by atomic mass is 10.1. The second kappa shape index (κ2) is 7.17. The van der Waals surface area contributed by atoms with Crippen molar-refractivity contribution in [1.29, 1.82) is 0 Å². The summed E-state index contributed by atoms with van der Waals surface area (Å²) in [6.45, 7) is 4.89. The van der Waals surface area contributed by atoms with E-state index in [1.54, 1.807) is 6.92 Å². The highest BCUT2D eigenvalue weighted by molar-refractivity contribution is 6.30. The predicted octanol–water partition coefficient (Wildman–Crippen LogP) is 2.37. The standard InChI is InChI=1S/C13H18ClNO2/c1-3-17-12-6-4-11(5-7-12)8-9-15-13(16)10(2)14/h4-7,10H,3,8-9H2,1-2H3,(H,15,16). The molecule has 1 N–H and O–H groups in total. The van der Waals surface area contributed by atoms with Gasteiger partial charge in [-0.1, -0.05) is 12.1 Å². The molecule has 1 aromatic carbocycles. The first-order chi connectivity index (χ1) is 8.13. The number of hydrogen-bond acceptors (Lipinski definition) is 2. The van der Waals surface area contributed by atoms with Crippen LogP contribution in [0.2, 0.25) is 0 Å². The van der Waals surface area contributed by atoms with Gasteiger partial charge >= 0.3 is 0 Å². The average molecular weight is 256 g/mol. The molecule has 0 aliphatic rings. The molecule has 0 radical (unpaired) electrons. The Morgan fingerprint density at radius 1 is 1.41 bits per heavy atom. The second-order valence-corrected chi connectivity index (χ2v) is 4.39. The number of nitrogens with one attached hydrogen (secondary N) is 1. The molecule has 94 valence electrons. The third-order valence-corrected chi connectivity index (χ3v) is 2.51. The average Bonchev–Trinajstić information content (AvgIpc) is 2.31. The van der Waals surface area contributed by atoms with Crippen LogP contribution in [0.5, 0.6) is 5.75 Å². The summed E-state index contributed by atoms with van der Waals surface area (Å²) in [4.78, 5) is 11.2. The topological polar surface area (TPSA) is 38.3 Å². The maximum atomic E-state index is 11.2. The molecule has 0 bridgehead atoms. The molecular weight excluding hydrogens is 238 g/mol. The molecule has 1 unspecified atom stereocenters. The highest BCUT2D eigenvalue weighted by Gasteiger charge is 2.07. The zero-order valence-electron chi connectivity index (χ0n) is 10.2. The van der Waals surface area contributed by atoms with Crippen molar-refractivity contribution in [2.75, 3.05) is 13.2 Å². The van der Waals surface area contributed by atoms with Gasteiger partial charge in [0.05, 0.1) is 6.61 Å². The second-order valence-electron chi connectivity index (χ2n) is 3.73. The van der Waals surface area contributed by atoms with E-state index in [4.69, 9.17) is 16.3 Å². The number of alkyl halides is 1. The fraction of sp³-hybridized carbons (Fsp3) is 0.462. The molecule has 0 saturated carbocycles. The van der Waals surface area contributed by atoms with Crippen LogP contribution in [-0.4, -0.2) is 24.4 Å². The summed E-state index contributed by atoms with van der Waals surface area (Å²) >= 11 is 5.64. The molecule has 1 atom stereocenters. The van der Waals surface area contributed by atoms with Gasteiger partial charge in [-0.15, -0.1) is 11.6 Å². The summed E-state index contributed by atoms with van der Waals surface area (Å²) in [5, 5.41) is 2.29. The van der Waals surface area contributed by atoms with Crippen molar-refractivity contribution >= 4 is 17.5 Å². The van der Waals surface area contributed by atoms with E-state index in [0.29, 0.717) is 13.2 Å². The summed E-state index contributed by atoms with van der Waals surface area (Å²) in [5.41, 5.74) is 1.16. The van der Waals surface area contributed by atoms with E-state index in [-0.39, 0.29) is 5.91 Å². The lowest BCUT2D eigenvalue weighted by molar-refractivity contribution is -0.120. The molecule has 0 aliphatic heterocycles. The van der Waals surface area contributed by atoms with E-state index in [1.165, 1.54) is 0 Å². The van der Waals surface area contributed by atoms with Gasteiger partial charge in [0.1, 0.15) is 11.1 Å². The Hall–Kier alpha value is -1.22. The van der Waals surface area contributed by atoms with E-state index < -0.39 is 5.38 Å². The number of halogens is 1. The summed E-state index contributed by atoms with van der Waals surface area (Å²) in [5.74, 6) is 0.743. The Morgan fingerprint density at radius 2 is 2.06 bits per heavy atom. The van der Waals surface area contributed by atoms with Crippen LogP contribution < -0.4 is 10.1 Å². The van der Waals surface area contributed by atoms with Gasteiger partial charge in [-0.3, -0.25) is 4.79 Å². The lowest BCUT2D eigenvalue weighted by Gasteiger charge is -2.07. The number of amides is 1. The molecule has 3 nitrogen and oxygen atoms in total. The third kappa shape index (κ3) is 5.09. The van der Waals surface area contributed by atoms with Crippen molar-refractivity contribution < 1.29 is 9.53 Å². The lowest BCUT2D eigenvalue weighted by Crippen LogP contribution is -2.31. The van der Waals surface area contributed by atoms with Crippen molar-refractivity contribution in [3.63, 3.8) is 0 Å². The van der Waals surface area contributed by atoms with Crippen LogP contribution in [0.15, 0.2) is 24.3 Å². The monoisotopic (exact) mass is 255 g/mol. The fourth-order valence-electron chi connectivity index (χ4n) is 1.39. The summed E-state index contributed by atoms with van der Waals surface area (Å²) in [6, 6.07) is 7.87. The van der Waals surface area contributed by atoms with E-state index in [0.717, 1.165) is 17.7 Å². The van der Waals surface area contributed by atoms with Crippen LogP contribution in [0.25, 0.3) is 0 Å². The molecule has 0 aliphatic carbocycles. The van der Waals surface area contributed by atoms with Crippen molar-refractivity contribution in [3.05, 3.63) is 29.8 Å². The predicted molar refractivity (Wildman–Crippen MR) is 69.6 cm³/mol. The maximum Gasteiger partial charge on any atom is 0.237 e. The van der Waals surface area contributed by atoms with Gasteiger partial charge in [-0.05, 0) is 38.0 Å². The Morgan fingerprint density at radius 3 is 2.59 bits per heavy atom. The van der Waals surface area contributed by atoms with Gasteiger partial charge in [0.2, 0.25) is 5.91 Å². The first-order valence-electron chi connectivity index (χ1n) is 5.77. The zero-order chi connectivity index (χ0) is 12.7. The zero-order valence-corrected chi connectivity index (χ0v) is 11.0. The maximum absolute atomic E-state index is 11.2. The number of benzene rings is 1. The molecule has 1 rings (SSSR count). The van der Waals surface area contributed by atoms with Crippen LogP contribution in [0.1, 0.15) is 19.4 Å². The Labute approximate surface area is 107 Å². The van der Waals surface area contributed by atoms with Gasteiger partial charge in [-0.2, -0.15) is 0 Å². The van der Waals surface area contributed by atoms with Gasteiger partial charge in [0, 0.05) is 6.54 Å².